The van der Waals surface area contributed by atoms with Crippen LogP contribution in [0.3, 0.4) is 0 Å². The van der Waals surface area contributed by atoms with Gasteiger partial charge in [0.05, 0.1) is 10.9 Å². The van der Waals surface area contributed by atoms with Gasteiger partial charge in [0.25, 0.3) is 0 Å². The minimum atomic E-state index is -0.307. The Morgan fingerprint density at radius 1 is 0.750 bits per heavy atom. The van der Waals surface area contributed by atoms with Gasteiger partial charge < -0.3 is 0 Å². The van der Waals surface area contributed by atoms with Crippen LogP contribution in [0.2, 0.25) is 0 Å². The third kappa shape index (κ3) is 3.74. The molecule has 3 aromatic carbocycles. The normalized spacial score (nSPS) is 16.8. The minimum absolute atomic E-state index is 0.162. The van der Waals surface area contributed by atoms with E-state index in [1.54, 1.807) is 0 Å². The summed E-state index contributed by atoms with van der Waals surface area (Å²) < 4.78 is 0. The molecule has 1 nitrogen and oxygen atoms in total. The van der Waals surface area contributed by atoms with Gasteiger partial charge in [0.2, 0.25) is 0 Å². The fraction of sp³-hybridized carbons (Fsp3) is 0.308. The smallest absolute Gasteiger partial charge is 0.0948 e. The van der Waals surface area contributed by atoms with Gasteiger partial charge in [-0.3, -0.25) is 4.90 Å². The highest BCUT2D eigenvalue weighted by atomic mass is 35.5. The summed E-state index contributed by atoms with van der Waals surface area (Å²) in [7, 11) is 0. The Morgan fingerprint density at radius 3 is 1.64 bits per heavy atom. The van der Waals surface area contributed by atoms with Crippen LogP contribution in [0.25, 0.3) is 0 Å². The van der Waals surface area contributed by atoms with Gasteiger partial charge in [-0.05, 0) is 27.7 Å². The molecule has 0 saturated carbocycles. The lowest BCUT2D eigenvalue weighted by Crippen LogP contribution is -2.57. The van der Waals surface area contributed by atoms with E-state index in [-0.39, 0.29) is 16.3 Å². The predicted octanol–water partition coefficient (Wildman–Crippen LogP) is 6.52. The molecule has 3 aromatic rings. The van der Waals surface area contributed by atoms with Crippen molar-refractivity contribution in [3.63, 3.8) is 0 Å². The summed E-state index contributed by atoms with van der Waals surface area (Å²) in [5.41, 5.74) is 5.36. The van der Waals surface area contributed by atoms with Crippen molar-refractivity contribution in [3.05, 3.63) is 107 Å². The van der Waals surface area contributed by atoms with E-state index in [4.69, 9.17) is 11.6 Å². The minimum Gasteiger partial charge on any atom is -0.288 e. The molecular formula is C26H28ClN. The molecule has 1 aliphatic heterocycles. The van der Waals surface area contributed by atoms with Crippen LogP contribution in [0.4, 0.5) is 0 Å². The van der Waals surface area contributed by atoms with Crippen LogP contribution >= 0.6 is 11.6 Å². The molecule has 4 rings (SSSR count). The summed E-state index contributed by atoms with van der Waals surface area (Å²) in [5, 5.41) is 0. The van der Waals surface area contributed by atoms with Gasteiger partial charge in [-0.25, -0.2) is 0 Å². The first-order valence-electron chi connectivity index (χ1n) is 10.0. The number of halogens is 1. The Hall–Kier alpha value is -2.09. The highest BCUT2D eigenvalue weighted by Gasteiger charge is 2.46. The van der Waals surface area contributed by atoms with E-state index >= 15 is 0 Å². The maximum atomic E-state index is 7.07. The topological polar surface area (TPSA) is 3.24 Å². The highest BCUT2D eigenvalue weighted by molar-refractivity contribution is 6.25. The molecule has 2 heteroatoms. The molecule has 0 aromatic heterocycles. The Morgan fingerprint density at radius 2 is 1.21 bits per heavy atom. The number of alkyl halides is 1. The second-order valence-electron chi connectivity index (χ2n) is 8.92. The second kappa shape index (κ2) is 7.39. The quantitative estimate of drug-likeness (QED) is 0.459. The van der Waals surface area contributed by atoms with Crippen LogP contribution in [0, 0.1) is 0 Å². The number of nitrogens with zero attached hydrogens (tertiary/aromatic N) is 1. The van der Waals surface area contributed by atoms with E-state index in [0.29, 0.717) is 0 Å². The van der Waals surface area contributed by atoms with Crippen molar-refractivity contribution in [1.29, 1.82) is 0 Å². The second-order valence-corrected chi connectivity index (χ2v) is 9.65. The van der Waals surface area contributed by atoms with Gasteiger partial charge in [-0.2, -0.15) is 0 Å². The number of likely N-dealkylation sites (tertiary alicyclic amines) is 1. The van der Waals surface area contributed by atoms with Crippen molar-refractivity contribution >= 4 is 11.6 Å². The zero-order valence-electron chi connectivity index (χ0n) is 16.9. The maximum Gasteiger partial charge on any atom is 0.0948 e. The molecule has 1 fully saturated rings. The molecule has 28 heavy (non-hydrogen) atoms. The first-order chi connectivity index (χ1) is 13.4. The first kappa shape index (κ1) is 19.2. The van der Waals surface area contributed by atoms with Crippen molar-refractivity contribution < 1.29 is 0 Å². The number of hydrogen-bond donors (Lipinski definition) is 0. The molecule has 0 N–H and O–H groups in total. The van der Waals surface area contributed by atoms with Crippen LogP contribution in [0.5, 0.6) is 0 Å². The Balaban J connectivity index is 1.57. The Labute approximate surface area is 174 Å². The van der Waals surface area contributed by atoms with E-state index in [2.05, 4.69) is 111 Å². The fourth-order valence-electron chi connectivity index (χ4n) is 4.12. The molecular weight excluding hydrogens is 362 g/mol. The number of hydrogen-bond acceptors (Lipinski definition) is 1. The molecule has 0 amide bonds. The number of benzene rings is 3. The zero-order valence-corrected chi connectivity index (χ0v) is 17.7. The van der Waals surface area contributed by atoms with Crippen LogP contribution in [0.1, 0.15) is 49.1 Å². The summed E-state index contributed by atoms with van der Waals surface area (Å²) in [5.74, 6) is 0. The third-order valence-electron chi connectivity index (χ3n) is 5.77. The SMILES string of the molecule is CC(C)(C)c1ccc(C2(Cl)CN(C(c3ccccc3)c3ccccc3)C2)cc1. The van der Waals surface area contributed by atoms with E-state index in [1.807, 2.05) is 0 Å². The lowest BCUT2D eigenvalue weighted by Gasteiger charge is -2.50. The van der Waals surface area contributed by atoms with Crippen LogP contribution in [-0.4, -0.2) is 18.0 Å². The van der Waals surface area contributed by atoms with Crippen molar-refractivity contribution in [1.82, 2.24) is 4.90 Å². The summed E-state index contributed by atoms with van der Waals surface area (Å²) in [6.45, 7) is 8.42. The van der Waals surface area contributed by atoms with E-state index in [0.717, 1.165) is 13.1 Å². The Bertz CT molecular complexity index is 865. The fourth-order valence-corrected chi connectivity index (χ4v) is 4.55. The van der Waals surface area contributed by atoms with Crippen molar-refractivity contribution in [2.45, 2.75) is 37.1 Å². The summed E-state index contributed by atoms with van der Waals surface area (Å²) in [6.07, 6.45) is 0. The molecule has 0 spiro atoms. The molecule has 0 radical (unpaired) electrons. The monoisotopic (exact) mass is 389 g/mol. The average molecular weight is 390 g/mol. The van der Waals surface area contributed by atoms with Crippen LogP contribution < -0.4 is 0 Å². The highest BCUT2D eigenvalue weighted by Crippen LogP contribution is 2.45. The molecule has 0 aliphatic carbocycles. The van der Waals surface area contributed by atoms with Crippen molar-refractivity contribution in [2.75, 3.05) is 13.1 Å². The average Bonchev–Trinajstić information content (AvgIpc) is 2.68. The molecule has 0 bridgehead atoms. The van der Waals surface area contributed by atoms with Gasteiger partial charge in [0.15, 0.2) is 0 Å². The first-order valence-corrected chi connectivity index (χ1v) is 10.4. The summed E-state index contributed by atoms with van der Waals surface area (Å²) in [4.78, 5) is 2.17. The summed E-state index contributed by atoms with van der Waals surface area (Å²) in [6, 6.07) is 30.6. The van der Waals surface area contributed by atoms with Gasteiger partial charge in [0.1, 0.15) is 0 Å². The van der Waals surface area contributed by atoms with Gasteiger partial charge in [0, 0.05) is 13.1 Å². The van der Waals surface area contributed by atoms with Crippen molar-refractivity contribution in [2.24, 2.45) is 0 Å². The Kier molecular flexibility index (Phi) is 5.07. The standard InChI is InChI=1S/C26H28ClN/c1-25(2,3)22-14-16-23(17-15-22)26(27)18-28(19-26)24(20-10-6-4-7-11-20)21-12-8-5-9-13-21/h4-17,24H,18-19H2,1-3H3. The lowest BCUT2D eigenvalue weighted by molar-refractivity contribution is 0.0868. The van der Waals surface area contributed by atoms with Crippen LogP contribution in [-0.2, 0) is 10.3 Å². The molecule has 144 valence electrons. The maximum absolute atomic E-state index is 7.07. The number of rotatable bonds is 4. The molecule has 1 heterocycles. The van der Waals surface area contributed by atoms with Gasteiger partial charge >= 0.3 is 0 Å². The van der Waals surface area contributed by atoms with Crippen LogP contribution in [0.15, 0.2) is 84.9 Å². The van der Waals surface area contributed by atoms with E-state index < -0.39 is 0 Å². The van der Waals surface area contributed by atoms with Gasteiger partial charge in [-0.15, -0.1) is 11.6 Å². The van der Waals surface area contributed by atoms with Gasteiger partial charge in [-0.1, -0.05) is 106 Å². The predicted molar refractivity (Wildman–Crippen MR) is 119 cm³/mol. The third-order valence-corrected chi connectivity index (χ3v) is 6.23. The molecule has 1 aliphatic rings. The lowest BCUT2D eigenvalue weighted by atomic mass is 9.82. The molecule has 0 atom stereocenters. The molecule has 0 unspecified atom stereocenters. The molecule has 1 saturated heterocycles. The largest absolute Gasteiger partial charge is 0.288 e. The van der Waals surface area contributed by atoms with E-state index in [9.17, 15) is 0 Å². The zero-order chi connectivity index (χ0) is 19.8. The van der Waals surface area contributed by atoms with Crippen molar-refractivity contribution in [3.8, 4) is 0 Å². The van der Waals surface area contributed by atoms with E-state index in [1.165, 1.54) is 22.3 Å². The summed E-state index contributed by atoms with van der Waals surface area (Å²) >= 11 is 7.07.